The largest absolute Gasteiger partial charge is 0.476 e. The van der Waals surface area contributed by atoms with Crippen molar-refractivity contribution >= 4 is 11.8 Å². The summed E-state index contributed by atoms with van der Waals surface area (Å²) < 4.78 is 0. The van der Waals surface area contributed by atoms with Gasteiger partial charge in [-0.3, -0.25) is 0 Å². The summed E-state index contributed by atoms with van der Waals surface area (Å²) in [7, 11) is 0. The topological polar surface area (TPSA) is 95.3 Å². The van der Waals surface area contributed by atoms with Crippen LogP contribution in [0.25, 0.3) is 0 Å². The predicted octanol–water partition coefficient (Wildman–Crippen LogP) is 0.748. The third kappa shape index (κ3) is 3.47. The Morgan fingerprint density at radius 3 is 2.81 bits per heavy atom. The number of carboxylic acid groups (broad SMARTS) is 1. The van der Waals surface area contributed by atoms with Crippen LogP contribution >= 0.6 is 0 Å². The van der Waals surface area contributed by atoms with Gasteiger partial charge in [0, 0.05) is 25.0 Å². The smallest absolute Gasteiger partial charge is 0.358 e. The van der Waals surface area contributed by atoms with Crippen molar-refractivity contribution in [3.8, 4) is 0 Å². The maximum absolute atomic E-state index is 10.8. The SMILES string of the molecule is CC(CCCO)Nc1nccnc1C(=O)O. The zero-order valence-electron chi connectivity index (χ0n) is 9.05. The van der Waals surface area contributed by atoms with E-state index in [1.807, 2.05) is 6.92 Å². The summed E-state index contributed by atoms with van der Waals surface area (Å²) in [5.74, 6) is -0.842. The van der Waals surface area contributed by atoms with Crippen LogP contribution in [0.3, 0.4) is 0 Å². The molecule has 0 saturated heterocycles. The standard InChI is InChI=1S/C10H15N3O3/c1-7(3-2-6-14)13-9-8(10(15)16)11-4-5-12-9/h4-5,7,14H,2-3,6H2,1H3,(H,12,13)(H,15,16). The van der Waals surface area contributed by atoms with Crippen molar-refractivity contribution in [2.75, 3.05) is 11.9 Å². The quantitative estimate of drug-likeness (QED) is 0.661. The normalized spacial score (nSPS) is 12.1. The van der Waals surface area contributed by atoms with Gasteiger partial charge in [-0.15, -0.1) is 0 Å². The van der Waals surface area contributed by atoms with Gasteiger partial charge in [-0.2, -0.15) is 0 Å². The van der Waals surface area contributed by atoms with Crippen LogP contribution in [0.2, 0.25) is 0 Å². The van der Waals surface area contributed by atoms with Crippen LogP contribution in [0, 0.1) is 0 Å². The third-order valence-corrected chi connectivity index (χ3v) is 2.08. The number of aromatic nitrogens is 2. The molecule has 1 heterocycles. The molecule has 1 aromatic heterocycles. The van der Waals surface area contributed by atoms with Crippen LogP contribution in [0.4, 0.5) is 5.82 Å². The minimum Gasteiger partial charge on any atom is -0.476 e. The van der Waals surface area contributed by atoms with E-state index in [9.17, 15) is 4.79 Å². The monoisotopic (exact) mass is 225 g/mol. The molecule has 16 heavy (non-hydrogen) atoms. The number of carboxylic acids is 1. The molecule has 0 aromatic carbocycles. The van der Waals surface area contributed by atoms with Gasteiger partial charge in [0.1, 0.15) is 0 Å². The van der Waals surface area contributed by atoms with E-state index >= 15 is 0 Å². The summed E-state index contributed by atoms with van der Waals surface area (Å²) in [5, 5.41) is 20.5. The van der Waals surface area contributed by atoms with Gasteiger partial charge in [0.15, 0.2) is 11.5 Å². The highest BCUT2D eigenvalue weighted by molar-refractivity contribution is 5.90. The summed E-state index contributed by atoms with van der Waals surface area (Å²) in [6.07, 6.45) is 4.18. The Hall–Kier alpha value is -1.69. The van der Waals surface area contributed by atoms with Gasteiger partial charge in [0.25, 0.3) is 0 Å². The van der Waals surface area contributed by atoms with Crippen LogP contribution in [0.1, 0.15) is 30.3 Å². The molecule has 0 fully saturated rings. The van der Waals surface area contributed by atoms with E-state index in [2.05, 4.69) is 15.3 Å². The first kappa shape index (κ1) is 12.4. The lowest BCUT2D eigenvalue weighted by Gasteiger charge is -2.14. The molecule has 0 amide bonds. The molecule has 0 bridgehead atoms. The molecule has 1 rings (SSSR count). The number of hydrogen-bond donors (Lipinski definition) is 3. The van der Waals surface area contributed by atoms with E-state index in [4.69, 9.17) is 10.2 Å². The fourth-order valence-electron chi connectivity index (χ4n) is 1.30. The summed E-state index contributed by atoms with van der Waals surface area (Å²) in [6.45, 7) is 2.02. The second-order valence-electron chi connectivity index (χ2n) is 3.47. The highest BCUT2D eigenvalue weighted by Crippen LogP contribution is 2.11. The maximum atomic E-state index is 10.8. The molecule has 0 saturated carbocycles. The molecule has 6 heteroatoms. The van der Waals surface area contributed by atoms with Gasteiger partial charge in [-0.05, 0) is 19.8 Å². The van der Waals surface area contributed by atoms with E-state index in [1.54, 1.807) is 0 Å². The van der Waals surface area contributed by atoms with E-state index in [0.29, 0.717) is 6.42 Å². The van der Waals surface area contributed by atoms with Crippen molar-refractivity contribution in [2.45, 2.75) is 25.8 Å². The molecule has 88 valence electrons. The lowest BCUT2D eigenvalue weighted by molar-refractivity contribution is 0.0691. The van der Waals surface area contributed by atoms with E-state index < -0.39 is 5.97 Å². The summed E-state index contributed by atoms with van der Waals surface area (Å²) in [5.41, 5.74) is -0.0849. The fraction of sp³-hybridized carbons (Fsp3) is 0.500. The van der Waals surface area contributed by atoms with Crippen molar-refractivity contribution in [2.24, 2.45) is 0 Å². The number of nitrogens with one attached hydrogen (secondary N) is 1. The Balaban J connectivity index is 2.69. The first-order valence-electron chi connectivity index (χ1n) is 5.07. The molecule has 0 spiro atoms. The molecule has 1 atom stereocenters. The summed E-state index contributed by atoms with van der Waals surface area (Å²) in [4.78, 5) is 18.5. The van der Waals surface area contributed by atoms with Crippen LogP contribution in [0.5, 0.6) is 0 Å². The number of nitrogens with zero attached hydrogens (tertiary/aromatic N) is 2. The van der Waals surface area contributed by atoms with Crippen LogP contribution in [-0.4, -0.2) is 38.8 Å². The molecule has 6 nitrogen and oxygen atoms in total. The van der Waals surface area contributed by atoms with Crippen LogP contribution in [-0.2, 0) is 0 Å². The second kappa shape index (κ2) is 6.02. The number of aromatic carboxylic acids is 1. The molecule has 0 radical (unpaired) electrons. The molecule has 0 aliphatic heterocycles. The molecular weight excluding hydrogens is 210 g/mol. The van der Waals surface area contributed by atoms with Crippen molar-refractivity contribution in [3.63, 3.8) is 0 Å². The van der Waals surface area contributed by atoms with Crippen molar-refractivity contribution in [1.82, 2.24) is 9.97 Å². The van der Waals surface area contributed by atoms with Gasteiger partial charge >= 0.3 is 5.97 Å². The minimum absolute atomic E-state index is 0.0435. The highest BCUT2D eigenvalue weighted by Gasteiger charge is 2.13. The summed E-state index contributed by atoms with van der Waals surface area (Å²) in [6, 6.07) is 0.0435. The molecule has 3 N–H and O–H groups in total. The third-order valence-electron chi connectivity index (χ3n) is 2.08. The first-order valence-corrected chi connectivity index (χ1v) is 5.07. The van der Waals surface area contributed by atoms with Gasteiger partial charge in [-0.25, -0.2) is 14.8 Å². The Labute approximate surface area is 93.4 Å². The van der Waals surface area contributed by atoms with Crippen molar-refractivity contribution in [3.05, 3.63) is 18.1 Å². The lowest BCUT2D eigenvalue weighted by atomic mass is 10.2. The van der Waals surface area contributed by atoms with E-state index in [0.717, 1.165) is 6.42 Å². The van der Waals surface area contributed by atoms with Crippen molar-refractivity contribution < 1.29 is 15.0 Å². The number of hydrogen-bond acceptors (Lipinski definition) is 5. The first-order chi connectivity index (χ1) is 7.65. The predicted molar refractivity (Wildman–Crippen MR) is 58.4 cm³/mol. The lowest BCUT2D eigenvalue weighted by Crippen LogP contribution is -2.19. The molecular formula is C10H15N3O3. The average molecular weight is 225 g/mol. The fourth-order valence-corrected chi connectivity index (χ4v) is 1.30. The van der Waals surface area contributed by atoms with Crippen LogP contribution in [0.15, 0.2) is 12.4 Å². The Kier molecular flexibility index (Phi) is 4.65. The van der Waals surface area contributed by atoms with Crippen molar-refractivity contribution in [1.29, 1.82) is 0 Å². The molecule has 1 unspecified atom stereocenters. The van der Waals surface area contributed by atoms with Gasteiger partial charge in [-0.1, -0.05) is 0 Å². The van der Waals surface area contributed by atoms with Gasteiger partial charge in [0.05, 0.1) is 0 Å². The second-order valence-corrected chi connectivity index (χ2v) is 3.47. The number of carbonyl (C=O) groups is 1. The molecule has 0 aliphatic rings. The number of anilines is 1. The zero-order chi connectivity index (χ0) is 12.0. The maximum Gasteiger partial charge on any atom is 0.358 e. The Bertz CT molecular complexity index is 357. The Morgan fingerprint density at radius 2 is 2.19 bits per heavy atom. The highest BCUT2D eigenvalue weighted by atomic mass is 16.4. The molecule has 0 aliphatic carbocycles. The van der Waals surface area contributed by atoms with Gasteiger partial charge in [0.2, 0.25) is 0 Å². The number of aliphatic hydroxyl groups is 1. The summed E-state index contributed by atoms with van der Waals surface area (Å²) >= 11 is 0. The van der Waals surface area contributed by atoms with Crippen LogP contribution < -0.4 is 5.32 Å². The average Bonchev–Trinajstić information content (AvgIpc) is 2.27. The van der Waals surface area contributed by atoms with Gasteiger partial charge < -0.3 is 15.5 Å². The minimum atomic E-state index is -1.11. The number of aliphatic hydroxyl groups excluding tert-OH is 1. The number of rotatable bonds is 6. The van der Waals surface area contributed by atoms with E-state index in [1.165, 1.54) is 12.4 Å². The Morgan fingerprint density at radius 1 is 1.50 bits per heavy atom. The van der Waals surface area contributed by atoms with E-state index in [-0.39, 0.29) is 24.2 Å². The zero-order valence-corrected chi connectivity index (χ0v) is 9.05. The molecule has 1 aromatic rings.